The summed E-state index contributed by atoms with van der Waals surface area (Å²) in [5.74, 6) is -0.338. The van der Waals surface area contributed by atoms with E-state index in [1.807, 2.05) is 6.07 Å². The number of carbonyl (C=O) groups is 1. The number of nitrogens with zero attached hydrogens (tertiary/aromatic N) is 3. The zero-order valence-corrected chi connectivity index (χ0v) is 14.6. The predicted molar refractivity (Wildman–Crippen MR) is 89.9 cm³/mol. The monoisotopic (exact) mass is 373 g/mol. The van der Waals surface area contributed by atoms with Crippen LogP contribution in [0.25, 0.3) is 0 Å². The van der Waals surface area contributed by atoms with E-state index < -0.39 is 16.0 Å². The Morgan fingerprint density at radius 1 is 1.27 bits per heavy atom. The fourth-order valence-corrected chi connectivity index (χ4v) is 3.93. The molecule has 0 spiro atoms. The van der Waals surface area contributed by atoms with Gasteiger partial charge in [-0.15, -0.1) is 0 Å². The summed E-state index contributed by atoms with van der Waals surface area (Å²) in [6.07, 6.45) is 1.13. The third-order valence-corrected chi connectivity index (χ3v) is 5.74. The second-order valence-electron chi connectivity index (χ2n) is 5.55. The first-order chi connectivity index (χ1) is 12.5. The molecule has 0 N–H and O–H groups in total. The summed E-state index contributed by atoms with van der Waals surface area (Å²) in [4.78, 5) is 15.5. The molecular weight excluding hydrogens is 358 g/mol. The highest BCUT2D eigenvalue weighted by molar-refractivity contribution is 7.89. The second-order valence-corrected chi connectivity index (χ2v) is 7.48. The third-order valence-electron chi connectivity index (χ3n) is 3.90. The number of carbonyl (C=O) groups excluding carboxylic acids is 1. The molecule has 26 heavy (non-hydrogen) atoms. The number of nitriles is 1. The summed E-state index contributed by atoms with van der Waals surface area (Å²) in [5, 5.41) is 9.02. The maximum atomic E-state index is 12.6. The highest BCUT2D eigenvalue weighted by atomic mass is 32.2. The Hall–Kier alpha value is -2.96. The van der Waals surface area contributed by atoms with Gasteiger partial charge < -0.3 is 9.47 Å². The van der Waals surface area contributed by atoms with Crippen molar-refractivity contribution in [1.82, 2.24) is 9.29 Å². The van der Waals surface area contributed by atoms with E-state index in [0.29, 0.717) is 5.56 Å². The smallest absolute Gasteiger partial charge is 0.337 e. The Bertz CT molecular complexity index is 961. The van der Waals surface area contributed by atoms with Crippen LogP contribution >= 0.6 is 0 Å². The maximum absolute atomic E-state index is 12.6. The zero-order valence-electron chi connectivity index (χ0n) is 13.8. The zero-order chi connectivity index (χ0) is 18.7. The highest BCUT2D eigenvalue weighted by Crippen LogP contribution is 2.25. The van der Waals surface area contributed by atoms with Crippen molar-refractivity contribution >= 4 is 16.0 Å². The van der Waals surface area contributed by atoms with E-state index in [1.54, 1.807) is 12.1 Å². The van der Waals surface area contributed by atoms with E-state index in [0.717, 1.165) is 0 Å². The van der Waals surface area contributed by atoms with Gasteiger partial charge in [-0.3, -0.25) is 0 Å². The molecule has 1 aliphatic heterocycles. The Labute approximate surface area is 150 Å². The number of ether oxygens (including phenoxy) is 2. The van der Waals surface area contributed by atoms with Crippen LogP contribution in [0.2, 0.25) is 0 Å². The van der Waals surface area contributed by atoms with Crippen LogP contribution < -0.4 is 4.74 Å². The van der Waals surface area contributed by atoms with Crippen LogP contribution in [0, 0.1) is 11.3 Å². The Morgan fingerprint density at radius 2 is 1.96 bits per heavy atom. The average molecular weight is 373 g/mol. The molecule has 2 aromatic rings. The first-order valence-corrected chi connectivity index (χ1v) is 9.10. The number of rotatable bonds is 5. The van der Waals surface area contributed by atoms with Crippen molar-refractivity contribution in [2.75, 3.05) is 20.2 Å². The Kier molecular flexibility index (Phi) is 4.88. The van der Waals surface area contributed by atoms with Gasteiger partial charge in [0.25, 0.3) is 0 Å². The SMILES string of the molecule is COC(=O)c1ccc(S(=O)(=O)N2CC(Oc3ncccc3C#N)C2)cc1. The molecule has 1 saturated heterocycles. The number of methoxy groups -OCH3 is 1. The van der Waals surface area contributed by atoms with Crippen molar-refractivity contribution in [3.63, 3.8) is 0 Å². The van der Waals surface area contributed by atoms with Gasteiger partial charge in [-0.05, 0) is 36.4 Å². The average Bonchev–Trinajstić information content (AvgIpc) is 2.63. The third kappa shape index (κ3) is 3.37. The lowest BCUT2D eigenvalue weighted by Gasteiger charge is -2.37. The highest BCUT2D eigenvalue weighted by Gasteiger charge is 2.38. The number of aromatic nitrogens is 1. The van der Waals surface area contributed by atoms with Crippen LogP contribution in [-0.2, 0) is 14.8 Å². The topological polar surface area (TPSA) is 110 Å². The maximum Gasteiger partial charge on any atom is 0.337 e. The summed E-state index contributed by atoms with van der Waals surface area (Å²) >= 11 is 0. The predicted octanol–water partition coefficient (Wildman–Crippen LogP) is 1.19. The molecular formula is C17H15N3O5S. The van der Waals surface area contributed by atoms with Crippen molar-refractivity contribution in [1.29, 1.82) is 5.26 Å². The second kappa shape index (κ2) is 7.11. The summed E-state index contributed by atoms with van der Waals surface area (Å²) < 4.78 is 36.6. The lowest BCUT2D eigenvalue weighted by Crippen LogP contribution is -2.56. The molecule has 134 valence electrons. The molecule has 0 atom stereocenters. The van der Waals surface area contributed by atoms with Gasteiger partial charge >= 0.3 is 5.97 Å². The van der Waals surface area contributed by atoms with Gasteiger partial charge in [0.2, 0.25) is 15.9 Å². The molecule has 1 fully saturated rings. The summed E-state index contributed by atoms with van der Waals surface area (Å²) in [7, 11) is -2.42. The van der Waals surface area contributed by atoms with E-state index in [9.17, 15) is 13.2 Å². The van der Waals surface area contributed by atoms with Gasteiger partial charge in [0.05, 0.1) is 30.7 Å². The number of pyridine rings is 1. The summed E-state index contributed by atoms with van der Waals surface area (Å²) in [6, 6.07) is 10.7. The molecule has 0 amide bonds. The first kappa shape index (κ1) is 17.8. The van der Waals surface area contributed by atoms with Crippen molar-refractivity contribution in [2.24, 2.45) is 0 Å². The molecule has 1 aliphatic rings. The Balaban J connectivity index is 1.66. The van der Waals surface area contributed by atoms with E-state index in [4.69, 9.17) is 10.00 Å². The molecule has 1 aromatic carbocycles. The van der Waals surface area contributed by atoms with Crippen LogP contribution in [0.15, 0.2) is 47.5 Å². The normalized spacial score (nSPS) is 14.9. The number of hydrogen-bond donors (Lipinski definition) is 0. The van der Waals surface area contributed by atoms with Gasteiger partial charge in [0.1, 0.15) is 17.7 Å². The van der Waals surface area contributed by atoms with Crippen LogP contribution in [0.5, 0.6) is 5.88 Å². The molecule has 9 heteroatoms. The first-order valence-electron chi connectivity index (χ1n) is 7.66. The Morgan fingerprint density at radius 3 is 2.58 bits per heavy atom. The minimum absolute atomic E-state index is 0.0825. The minimum atomic E-state index is -3.68. The van der Waals surface area contributed by atoms with E-state index in [1.165, 1.54) is 41.9 Å². The number of benzene rings is 1. The molecule has 0 radical (unpaired) electrons. The molecule has 2 heterocycles. The van der Waals surface area contributed by atoms with Gasteiger partial charge in [-0.1, -0.05) is 0 Å². The van der Waals surface area contributed by atoms with Crippen LogP contribution in [0.4, 0.5) is 0 Å². The quantitative estimate of drug-likeness (QED) is 0.724. The van der Waals surface area contributed by atoms with Crippen LogP contribution in [0.1, 0.15) is 15.9 Å². The fraction of sp³-hybridized carbons (Fsp3) is 0.235. The lowest BCUT2D eigenvalue weighted by atomic mass is 10.2. The molecule has 1 aromatic heterocycles. The molecule has 0 saturated carbocycles. The summed E-state index contributed by atoms with van der Waals surface area (Å²) in [6.45, 7) is 0.311. The number of sulfonamides is 1. The van der Waals surface area contributed by atoms with Gasteiger partial charge in [-0.25, -0.2) is 18.2 Å². The largest absolute Gasteiger partial charge is 0.471 e. The molecule has 0 bridgehead atoms. The van der Waals surface area contributed by atoms with E-state index in [2.05, 4.69) is 9.72 Å². The standard InChI is InChI=1S/C17H15N3O5S/c1-24-17(21)12-4-6-15(7-5-12)26(22,23)20-10-14(11-20)25-16-13(9-18)3-2-8-19-16/h2-8,14H,10-11H2,1H3. The van der Waals surface area contributed by atoms with Crippen molar-refractivity contribution in [3.8, 4) is 11.9 Å². The van der Waals surface area contributed by atoms with Gasteiger partial charge in [0, 0.05) is 6.20 Å². The lowest BCUT2D eigenvalue weighted by molar-refractivity contribution is 0.0600. The van der Waals surface area contributed by atoms with Crippen LogP contribution in [0.3, 0.4) is 0 Å². The van der Waals surface area contributed by atoms with Gasteiger partial charge in [0.15, 0.2) is 0 Å². The van der Waals surface area contributed by atoms with Gasteiger partial charge in [-0.2, -0.15) is 9.57 Å². The molecule has 3 rings (SSSR count). The minimum Gasteiger partial charge on any atom is -0.471 e. The number of esters is 1. The fourth-order valence-electron chi connectivity index (χ4n) is 2.43. The van der Waals surface area contributed by atoms with Crippen molar-refractivity contribution in [3.05, 3.63) is 53.7 Å². The molecule has 8 nitrogen and oxygen atoms in total. The summed E-state index contributed by atoms with van der Waals surface area (Å²) in [5.41, 5.74) is 0.572. The molecule has 0 unspecified atom stereocenters. The van der Waals surface area contributed by atoms with E-state index >= 15 is 0 Å². The van der Waals surface area contributed by atoms with Crippen molar-refractivity contribution < 1.29 is 22.7 Å². The van der Waals surface area contributed by atoms with E-state index in [-0.39, 0.29) is 35.5 Å². The van der Waals surface area contributed by atoms with Crippen LogP contribution in [-0.4, -0.2) is 50.0 Å². The molecule has 0 aliphatic carbocycles. The number of hydrogen-bond acceptors (Lipinski definition) is 7. The van der Waals surface area contributed by atoms with Crippen molar-refractivity contribution in [2.45, 2.75) is 11.0 Å².